The average molecular weight is 251 g/mol. The Hall–Kier alpha value is -2.36. The van der Waals surface area contributed by atoms with E-state index in [9.17, 15) is 9.59 Å². The lowest BCUT2D eigenvalue weighted by Gasteiger charge is -2.17. The Balaban J connectivity index is 2.51. The molecular weight excluding hydrogens is 238 g/mol. The maximum Gasteiger partial charge on any atom is 0.323 e. The molecular formula is C11H13N3O4. The van der Waals surface area contributed by atoms with E-state index in [1.165, 1.54) is 0 Å². The minimum Gasteiger partial charge on any atom is -0.480 e. The smallest absolute Gasteiger partial charge is 0.323 e. The van der Waals surface area contributed by atoms with Gasteiger partial charge in [0, 0.05) is 12.8 Å². The van der Waals surface area contributed by atoms with Gasteiger partial charge in [-0.05, 0) is 6.92 Å². The number of carbonyl (C=O) groups excluding carboxylic acids is 1. The van der Waals surface area contributed by atoms with Gasteiger partial charge < -0.3 is 14.5 Å². The zero-order valence-electron chi connectivity index (χ0n) is 9.92. The standard InChI is InChI=1S/C11H13N3O4/c1-3-6-14(7-11(16)17)10(15)5-4-9-12-8(2)13-18-9/h1H,4-7H2,2H3,(H,16,17). The van der Waals surface area contributed by atoms with Crippen LogP contribution in [0.5, 0.6) is 0 Å². The summed E-state index contributed by atoms with van der Waals surface area (Å²) in [6.07, 6.45) is 5.42. The molecule has 1 amide bonds. The van der Waals surface area contributed by atoms with E-state index in [1.54, 1.807) is 6.92 Å². The van der Waals surface area contributed by atoms with E-state index < -0.39 is 12.5 Å². The van der Waals surface area contributed by atoms with Crippen molar-refractivity contribution in [1.29, 1.82) is 0 Å². The number of carboxylic acids is 1. The fraction of sp³-hybridized carbons (Fsp3) is 0.455. The minimum atomic E-state index is -1.10. The van der Waals surface area contributed by atoms with Crippen molar-refractivity contribution in [1.82, 2.24) is 15.0 Å². The van der Waals surface area contributed by atoms with Crippen LogP contribution in [0.4, 0.5) is 0 Å². The Bertz CT molecular complexity index is 475. The molecule has 0 radical (unpaired) electrons. The van der Waals surface area contributed by atoms with Gasteiger partial charge in [-0.3, -0.25) is 9.59 Å². The Morgan fingerprint density at radius 3 is 2.78 bits per heavy atom. The first kappa shape index (κ1) is 13.7. The summed E-state index contributed by atoms with van der Waals surface area (Å²) >= 11 is 0. The molecule has 0 fully saturated rings. The monoisotopic (exact) mass is 251 g/mol. The van der Waals surface area contributed by atoms with Crippen molar-refractivity contribution in [2.45, 2.75) is 19.8 Å². The highest BCUT2D eigenvalue weighted by atomic mass is 16.5. The Morgan fingerprint density at radius 2 is 2.28 bits per heavy atom. The predicted octanol–water partition coefficient (Wildman–Crippen LogP) is -0.143. The quantitative estimate of drug-likeness (QED) is 0.707. The van der Waals surface area contributed by atoms with Gasteiger partial charge in [0.1, 0.15) is 6.54 Å². The lowest BCUT2D eigenvalue weighted by molar-refractivity contribution is -0.144. The van der Waals surface area contributed by atoms with Crippen LogP contribution in [0.3, 0.4) is 0 Å². The first-order valence-corrected chi connectivity index (χ1v) is 5.25. The van der Waals surface area contributed by atoms with Crippen molar-refractivity contribution < 1.29 is 19.2 Å². The summed E-state index contributed by atoms with van der Waals surface area (Å²) in [5, 5.41) is 12.2. The summed E-state index contributed by atoms with van der Waals surface area (Å²) in [5.41, 5.74) is 0. The lowest BCUT2D eigenvalue weighted by Crippen LogP contribution is -2.36. The molecule has 7 heteroatoms. The second-order valence-corrected chi connectivity index (χ2v) is 3.58. The third-order valence-corrected chi connectivity index (χ3v) is 2.08. The third kappa shape index (κ3) is 4.25. The molecule has 1 aromatic heterocycles. The fourth-order valence-corrected chi connectivity index (χ4v) is 1.32. The number of rotatable bonds is 6. The molecule has 0 aliphatic heterocycles. The van der Waals surface area contributed by atoms with Gasteiger partial charge in [-0.2, -0.15) is 4.98 Å². The maximum atomic E-state index is 11.7. The molecule has 0 bridgehead atoms. The summed E-state index contributed by atoms with van der Waals surface area (Å²) in [5.74, 6) is 1.62. The number of hydrogen-bond donors (Lipinski definition) is 1. The number of nitrogens with zero attached hydrogens (tertiary/aromatic N) is 3. The molecule has 0 aromatic carbocycles. The van der Waals surface area contributed by atoms with Gasteiger partial charge in [-0.25, -0.2) is 0 Å². The van der Waals surface area contributed by atoms with Crippen LogP contribution in [0.1, 0.15) is 18.1 Å². The highest BCUT2D eigenvalue weighted by molar-refractivity contribution is 5.81. The Kier molecular flexibility index (Phi) is 4.87. The van der Waals surface area contributed by atoms with Crippen molar-refractivity contribution in [3.8, 4) is 12.3 Å². The third-order valence-electron chi connectivity index (χ3n) is 2.08. The molecule has 0 atom stereocenters. The molecule has 7 nitrogen and oxygen atoms in total. The van der Waals surface area contributed by atoms with Crippen LogP contribution < -0.4 is 0 Å². The number of carbonyl (C=O) groups is 2. The van der Waals surface area contributed by atoms with E-state index in [-0.39, 0.29) is 25.3 Å². The highest BCUT2D eigenvalue weighted by Gasteiger charge is 2.16. The Labute approximate surface area is 104 Å². The summed E-state index contributed by atoms with van der Waals surface area (Å²) in [4.78, 5) is 27.3. The number of terminal acetylenes is 1. The van der Waals surface area contributed by atoms with Crippen molar-refractivity contribution in [2.75, 3.05) is 13.1 Å². The number of aliphatic carboxylic acids is 1. The van der Waals surface area contributed by atoms with Crippen molar-refractivity contribution in [3.05, 3.63) is 11.7 Å². The molecule has 0 spiro atoms. The van der Waals surface area contributed by atoms with Crippen molar-refractivity contribution in [2.24, 2.45) is 0 Å². The molecule has 0 saturated heterocycles. The van der Waals surface area contributed by atoms with Gasteiger partial charge in [0.2, 0.25) is 11.8 Å². The number of amides is 1. The van der Waals surface area contributed by atoms with Gasteiger partial charge in [-0.15, -0.1) is 6.42 Å². The topological polar surface area (TPSA) is 96.5 Å². The molecule has 1 heterocycles. The van der Waals surface area contributed by atoms with Gasteiger partial charge >= 0.3 is 5.97 Å². The van der Waals surface area contributed by atoms with Crippen LogP contribution in [-0.2, 0) is 16.0 Å². The summed E-state index contributed by atoms with van der Waals surface area (Å²) in [6, 6.07) is 0. The molecule has 1 aromatic rings. The second kappa shape index (κ2) is 6.39. The first-order valence-electron chi connectivity index (χ1n) is 5.25. The van der Waals surface area contributed by atoms with E-state index in [2.05, 4.69) is 16.1 Å². The lowest BCUT2D eigenvalue weighted by atomic mass is 10.2. The van der Waals surface area contributed by atoms with E-state index >= 15 is 0 Å². The van der Waals surface area contributed by atoms with Gasteiger partial charge in [-0.1, -0.05) is 11.1 Å². The van der Waals surface area contributed by atoms with E-state index in [4.69, 9.17) is 16.1 Å². The molecule has 18 heavy (non-hydrogen) atoms. The normalized spacial score (nSPS) is 9.78. The van der Waals surface area contributed by atoms with Crippen LogP contribution in [0.15, 0.2) is 4.52 Å². The minimum absolute atomic E-state index is 0.0337. The van der Waals surface area contributed by atoms with Crippen molar-refractivity contribution in [3.63, 3.8) is 0 Å². The molecule has 96 valence electrons. The van der Waals surface area contributed by atoms with Crippen LogP contribution in [0, 0.1) is 19.3 Å². The van der Waals surface area contributed by atoms with Crippen LogP contribution >= 0.6 is 0 Å². The number of aryl methyl sites for hydroxylation is 2. The molecule has 0 unspecified atom stereocenters. The summed E-state index contributed by atoms with van der Waals surface area (Å²) in [6.45, 7) is 1.23. The van der Waals surface area contributed by atoms with Crippen LogP contribution in [0.2, 0.25) is 0 Å². The summed E-state index contributed by atoms with van der Waals surface area (Å²) < 4.78 is 4.85. The zero-order chi connectivity index (χ0) is 13.5. The SMILES string of the molecule is C#CCN(CC(=O)O)C(=O)CCc1nc(C)no1. The second-order valence-electron chi connectivity index (χ2n) is 3.58. The first-order chi connectivity index (χ1) is 8.52. The van der Waals surface area contributed by atoms with E-state index in [0.29, 0.717) is 11.7 Å². The molecule has 0 aliphatic rings. The Morgan fingerprint density at radius 1 is 1.56 bits per heavy atom. The molecule has 0 saturated carbocycles. The van der Waals surface area contributed by atoms with E-state index in [0.717, 1.165) is 4.90 Å². The van der Waals surface area contributed by atoms with Gasteiger partial charge in [0.15, 0.2) is 5.82 Å². The average Bonchev–Trinajstić information content (AvgIpc) is 2.71. The maximum absolute atomic E-state index is 11.7. The fourth-order valence-electron chi connectivity index (χ4n) is 1.32. The van der Waals surface area contributed by atoms with Crippen LogP contribution in [0.25, 0.3) is 0 Å². The molecule has 1 rings (SSSR count). The predicted molar refractivity (Wildman–Crippen MR) is 60.4 cm³/mol. The summed E-state index contributed by atoms with van der Waals surface area (Å²) in [7, 11) is 0. The van der Waals surface area contributed by atoms with Crippen molar-refractivity contribution >= 4 is 11.9 Å². The largest absolute Gasteiger partial charge is 0.480 e. The number of aromatic nitrogens is 2. The highest BCUT2D eigenvalue weighted by Crippen LogP contribution is 2.03. The molecule has 1 N–H and O–H groups in total. The van der Waals surface area contributed by atoms with Crippen LogP contribution in [-0.4, -0.2) is 45.1 Å². The van der Waals surface area contributed by atoms with Gasteiger partial charge in [0.05, 0.1) is 6.54 Å². The molecule has 0 aliphatic carbocycles. The van der Waals surface area contributed by atoms with E-state index in [1.807, 2.05) is 0 Å². The zero-order valence-corrected chi connectivity index (χ0v) is 9.92. The van der Waals surface area contributed by atoms with Gasteiger partial charge in [0.25, 0.3) is 0 Å². The number of carboxylic acid groups (broad SMARTS) is 1. The number of hydrogen-bond acceptors (Lipinski definition) is 5.